The van der Waals surface area contributed by atoms with E-state index >= 15 is 0 Å². The first-order valence-corrected chi connectivity index (χ1v) is 9.96. The third-order valence-electron chi connectivity index (χ3n) is 3.56. The lowest BCUT2D eigenvalue weighted by molar-refractivity contribution is 0.243. The highest BCUT2D eigenvalue weighted by atomic mass is 31.2. The second-order valence-corrected chi connectivity index (χ2v) is 6.99. The van der Waals surface area contributed by atoms with Crippen LogP contribution in [0.5, 0.6) is 0 Å². The van der Waals surface area contributed by atoms with Crippen molar-refractivity contribution in [3.05, 3.63) is 60.7 Å². The Hall–Kier alpha value is -1.41. The highest BCUT2D eigenvalue weighted by Crippen LogP contribution is 2.51. The van der Waals surface area contributed by atoms with Crippen molar-refractivity contribution in [2.75, 3.05) is 17.9 Å². The van der Waals surface area contributed by atoms with Gasteiger partial charge in [-0.25, -0.2) is 0 Å². The molecule has 24 heavy (non-hydrogen) atoms. The van der Waals surface area contributed by atoms with Gasteiger partial charge in [0.1, 0.15) is 0 Å². The minimum atomic E-state index is -1.17. The second kappa shape index (κ2) is 11.2. The van der Waals surface area contributed by atoms with Crippen molar-refractivity contribution in [2.45, 2.75) is 39.5 Å². The van der Waals surface area contributed by atoms with E-state index in [1.165, 1.54) is 0 Å². The van der Waals surface area contributed by atoms with Gasteiger partial charge in [-0.05, 0) is 37.1 Å². The molecule has 0 N–H and O–H groups in total. The molecule has 0 saturated heterocycles. The molecule has 130 valence electrons. The molecule has 0 radical (unpaired) electrons. The van der Waals surface area contributed by atoms with Gasteiger partial charge >= 0.3 is 0 Å². The number of benzene rings is 2. The van der Waals surface area contributed by atoms with Crippen LogP contribution in [0.25, 0.3) is 0 Å². The number of para-hydroxylation sites is 2. The fraction of sp³-hybridized carbons (Fsp3) is 0.400. The maximum Gasteiger partial charge on any atom is 0.294 e. The topological polar surface area (TPSA) is 21.7 Å². The standard InChI is InChI=1S/C20H28NO2P/c1-3-5-17-22-24(23-18-6-4-2)21(19-13-9-7-10-14-19)20-15-11-8-12-16-20/h7-16H,3-6,17-18H2,1-2H3. The molecule has 0 aromatic heterocycles. The fourth-order valence-electron chi connectivity index (χ4n) is 2.20. The number of rotatable bonds is 11. The van der Waals surface area contributed by atoms with Gasteiger partial charge in [-0.2, -0.15) is 0 Å². The third-order valence-corrected chi connectivity index (χ3v) is 5.16. The van der Waals surface area contributed by atoms with Crippen molar-refractivity contribution in [1.29, 1.82) is 0 Å². The van der Waals surface area contributed by atoms with Crippen LogP contribution in [0.15, 0.2) is 60.7 Å². The first-order chi connectivity index (χ1) is 11.9. The van der Waals surface area contributed by atoms with Crippen molar-refractivity contribution in [2.24, 2.45) is 0 Å². The Kier molecular flexibility index (Phi) is 8.83. The molecule has 2 aromatic rings. The highest BCUT2D eigenvalue weighted by molar-refractivity contribution is 7.49. The molecule has 4 heteroatoms. The summed E-state index contributed by atoms with van der Waals surface area (Å²) in [7, 11) is -1.17. The predicted molar refractivity (Wildman–Crippen MR) is 104 cm³/mol. The van der Waals surface area contributed by atoms with Crippen LogP contribution in [0.4, 0.5) is 11.4 Å². The Morgan fingerprint density at radius 3 is 1.50 bits per heavy atom. The molecular formula is C20H28NO2P. The van der Waals surface area contributed by atoms with Crippen LogP contribution in [0, 0.1) is 0 Å². The molecule has 0 unspecified atom stereocenters. The third kappa shape index (κ3) is 5.90. The molecule has 2 rings (SSSR count). The Morgan fingerprint density at radius 1 is 0.708 bits per heavy atom. The molecule has 0 aliphatic heterocycles. The highest BCUT2D eigenvalue weighted by Gasteiger charge is 2.24. The molecule has 0 spiro atoms. The first kappa shape index (κ1) is 18.9. The van der Waals surface area contributed by atoms with E-state index in [1.54, 1.807) is 0 Å². The van der Waals surface area contributed by atoms with Crippen LogP contribution >= 0.6 is 8.53 Å². The Morgan fingerprint density at radius 2 is 1.12 bits per heavy atom. The summed E-state index contributed by atoms with van der Waals surface area (Å²) < 4.78 is 14.5. The fourth-order valence-corrected chi connectivity index (χ4v) is 3.72. The molecule has 0 fully saturated rings. The lowest BCUT2D eigenvalue weighted by Crippen LogP contribution is -2.15. The average Bonchev–Trinajstić information content (AvgIpc) is 2.64. The summed E-state index contributed by atoms with van der Waals surface area (Å²) >= 11 is 0. The van der Waals surface area contributed by atoms with Gasteiger partial charge in [-0.15, -0.1) is 0 Å². The molecular weight excluding hydrogens is 317 g/mol. The van der Waals surface area contributed by atoms with Gasteiger partial charge in [0, 0.05) is 11.4 Å². The van der Waals surface area contributed by atoms with Gasteiger partial charge in [0.25, 0.3) is 8.53 Å². The summed E-state index contributed by atoms with van der Waals surface area (Å²) in [5.41, 5.74) is 2.20. The molecule has 0 heterocycles. The van der Waals surface area contributed by atoms with Crippen molar-refractivity contribution in [3.8, 4) is 0 Å². The average molecular weight is 345 g/mol. The van der Waals surface area contributed by atoms with E-state index < -0.39 is 8.53 Å². The van der Waals surface area contributed by atoms with E-state index in [2.05, 4.69) is 67.0 Å². The summed E-state index contributed by atoms with van der Waals surface area (Å²) in [5, 5.41) is 0. The van der Waals surface area contributed by atoms with Crippen LogP contribution in [0.2, 0.25) is 0 Å². The molecule has 3 nitrogen and oxygen atoms in total. The van der Waals surface area contributed by atoms with Gasteiger partial charge in [-0.1, -0.05) is 63.1 Å². The van der Waals surface area contributed by atoms with Gasteiger partial charge in [0.15, 0.2) is 0 Å². The predicted octanol–water partition coefficient (Wildman–Crippen LogP) is 6.69. The Bertz CT molecular complexity index is 501. The van der Waals surface area contributed by atoms with Crippen LogP contribution in [0.1, 0.15) is 39.5 Å². The minimum Gasteiger partial charge on any atom is -0.317 e. The minimum absolute atomic E-state index is 0.727. The smallest absolute Gasteiger partial charge is 0.294 e. The van der Waals surface area contributed by atoms with E-state index in [0.717, 1.165) is 50.3 Å². The van der Waals surface area contributed by atoms with Crippen LogP contribution in [-0.4, -0.2) is 13.2 Å². The number of nitrogens with zero attached hydrogens (tertiary/aromatic N) is 1. The second-order valence-electron chi connectivity index (χ2n) is 5.59. The van der Waals surface area contributed by atoms with E-state index in [-0.39, 0.29) is 0 Å². The first-order valence-electron chi connectivity index (χ1n) is 8.83. The maximum atomic E-state index is 6.17. The van der Waals surface area contributed by atoms with Gasteiger partial charge < -0.3 is 9.05 Å². The summed E-state index contributed by atoms with van der Waals surface area (Å²) in [6, 6.07) is 20.7. The monoisotopic (exact) mass is 345 g/mol. The Balaban J connectivity index is 2.25. The molecule has 0 saturated carbocycles. The van der Waals surface area contributed by atoms with Crippen LogP contribution < -0.4 is 4.67 Å². The van der Waals surface area contributed by atoms with E-state index in [1.807, 2.05) is 12.1 Å². The van der Waals surface area contributed by atoms with Crippen molar-refractivity contribution < 1.29 is 9.05 Å². The lowest BCUT2D eigenvalue weighted by Gasteiger charge is -2.31. The number of hydrogen-bond donors (Lipinski definition) is 0. The zero-order valence-corrected chi connectivity index (χ0v) is 15.6. The summed E-state index contributed by atoms with van der Waals surface area (Å²) in [6.45, 7) is 5.81. The van der Waals surface area contributed by atoms with Crippen molar-refractivity contribution in [3.63, 3.8) is 0 Å². The van der Waals surface area contributed by atoms with Gasteiger partial charge in [-0.3, -0.25) is 4.67 Å². The summed E-state index contributed by atoms with van der Waals surface area (Å²) in [6.07, 6.45) is 4.34. The molecule has 0 amide bonds. The largest absolute Gasteiger partial charge is 0.317 e. The van der Waals surface area contributed by atoms with E-state index in [4.69, 9.17) is 9.05 Å². The number of anilines is 2. The molecule has 0 atom stereocenters. The quantitative estimate of drug-likeness (QED) is 0.335. The summed E-state index contributed by atoms with van der Waals surface area (Å²) in [4.78, 5) is 0. The molecule has 2 aromatic carbocycles. The van der Waals surface area contributed by atoms with E-state index in [0.29, 0.717) is 0 Å². The van der Waals surface area contributed by atoms with Crippen LogP contribution in [-0.2, 0) is 9.05 Å². The zero-order chi connectivity index (χ0) is 17.0. The lowest BCUT2D eigenvalue weighted by atomic mass is 10.3. The van der Waals surface area contributed by atoms with Gasteiger partial charge in [0.2, 0.25) is 0 Å². The molecule has 0 bridgehead atoms. The SMILES string of the molecule is CCCCOP(OCCCC)N(c1ccccc1)c1ccccc1. The Labute approximate surface area is 147 Å². The van der Waals surface area contributed by atoms with Gasteiger partial charge in [0.05, 0.1) is 13.2 Å². The van der Waals surface area contributed by atoms with Crippen LogP contribution in [0.3, 0.4) is 0 Å². The van der Waals surface area contributed by atoms with Crippen molar-refractivity contribution >= 4 is 19.9 Å². The maximum absolute atomic E-state index is 6.17. The molecule has 0 aliphatic rings. The van der Waals surface area contributed by atoms with Crippen molar-refractivity contribution in [1.82, 2.24) is 0 Å². The molecule has 0 aliphatic carbocycles. The number of unbranched alkanes of at least 4 members (excludes halogenated alkanes) is 2. The normalized spacial score (nSPS) is 11.0. The van der Waals surface area contributed by atoms with E-state index in [9.17, 15) is 0 Å². The number of hydrogen-bond acceptors (Lipinski definition) is 3. The summed E-state index contributed by atoms with van der Waals surface area (Å²) in [5.74, 6) is 0. The zero-order valence-electron chi connectivity index (χ0n) is 14.7.